The molecule has 0 saturated carbocycles. The van der Waals surface area contributed by atoms with Gasteiger partial charge < -0.3 is 23.7 Å². The van der Waals surface area contributed by atoms with Gasteiger partial charge in [0.25, 0.3) is 0 Å². The predicted octanol–water partition coefficient (Wildman–Crippen LogP) is 0.0493. The van der Waals surface area contributed by atoms with Crippen LogP contribution in [0.2, 0.25) is 0 Å². The van der Waals surface area contributed by atoms with Gasteiger partial charge in [-0.1, -0.05) is 0 Å². The summed E-state index contributed by atoms with van der Waals surface area (Å²) in [5.74, 6) is 0. The summed E-state index contributed by atoms with van der Waals surface area (Å²) in [6.45, 7) is -0.284. The smallest absolute Gasteiger partial charge is 0.382 e. The van der Waals surface area contributed by atoms with Crippen molar-refractivity contribution in [1.29, 1.82) is 0 Å². The maximum Gasteiger partial charge on any atom is 0.474 e. The highest BCUT2D eigenvalue weighted by atomic mass is 31.2. The molecular formula is C19H33B5O13P2. The van der Waals surface area contributed by atoms with Crippen molar-refractivity contribution in [2.24, 2.45) is 0 Å². The van der Waals surface area contributed by atoms with Gasteiger partial charge >= 0.3 is 15.6 Å². The quantitative estimate of drug-likeness (QED) is 0.168. The number of hydrogen-bond acceptors (Lipinski definition) is 13. The average molecular weight is 585 g/mol. The maximum absolute atomic E-state index is 13.3. The van der Waals surface area contributed by atoms with Gasteiger partial charge in [0, 0.05) is 61.9 Å². The first-order valence-electron chi connectivity index (χ1n) is 12.4. The van der Waals surface area contributed by atoms with Crippen molar-refractivity contribution in [3.8, 4) is 0 Å². The molecule has 11 atom stereocenters. The third-order valence-electron chi connectivity index (χ3n) is 6.52. The van der Waals surface area contributed by atoms with Crippen molar-refractivity contribution in [3.63, 3.8) is 0 Å². The Morgan fingerprint density at radius 2 is 1.18 bits per heavy atom. The Bertz CT molecular complexity index is 850. The zero-order valence-electron chi connectivity index (χ0n) is 22.5. The van der Waals surface area contributed by atoms with Crippen LogP contribution in [0.3, 0.4) is 0 Å². The lowest BCUT2D eigenvalue weighted by atomic mass is 9.51. The van der Waals surface area contributed by atoms with E-state index in [2.05, 4.69) is 0 Å². The standard InChI is InChI=1S/C19H33B5O13P2/c1-27-8-14-12(6-18(23-21)34-14)36-39(26,30-4)32-10-16-13(7-19(24-22)35-16)37-38(25,29-3)31-9-15-11(28-2)5-17(20)33-15/h11-19H,5-10H2,1-4H3/t11?,12?,13?,14-,15-,16-,17-,18-,19-,38?,39?/m1/s1. The molecule has 0 aromatic carbocycles. The van der Waals surface area contributed by atoms with Crippen LogP contribution in [-0.4, -0.2) is 141 Å². The summed E-state index contributed by atoms with van der Waals surface area (Å²) in [5.41, 5.74) is 0. The van der Waals surface area contributed by atoms with E-state index in [0.29, 0.717) is 12.8 Å². The molecule has 8 radical (unpaired) electrons. The van der Waals surface area contributed by atoms with Gasteiger partial charge in [0.05, 0.1) is 52.5 Å². The number of hydrogen-bond donors (Lipinski definition) is 0. The number of ether oxygens (including phenoxy) is 5. The van der Waals surface area contributed by atoms with E-state index in [1.807, 2.05) is 0 Å². The fourth-order valence-electron chi connectivity index (χ4n) is 4.48. The highest BCUT2D eigenvalue weighted by Gasteiger charge is 2.45. The Morgan fingerprint density at radius 1 is 0.718 bits per heavy atom. The number of methoxy groups -OCH3 is 2. The van der Waals surface area contributed by atoms with Crippen molar-refractivity contribution in [3.05, 3.63) is 0 Å². The van der Waals surface area contributed by atoms with Crippen LogP contribution >= 0.6 is 15.6 Å². The molecule has 3 aliphatic heterocycles. The molecular weight excluding hydrogens is 552 g/mol. The maximum atomic E-state index is 13.3. The highest BCUT2D eigenvalue weighted by molar-refractivity contribution is 7.48. The Hall–Kier alpha value is 0.345. The van der Waals surface area contributed by atoms with E-state index in [4.69, 9.17) is 74.1 Å². The average Bonchev–Trinajstić information content (AvgIpc) is 3.62. The van der Waals surface area contributed by atoms with E-state index in [9.17, 15) is 9.13 Å². The van der Waals surface area contributed by atoms with E-state index in [1.54, 1.807) is 0 Å². The Morgan fingerprint density at radius 3 is 1.59 bits per heavy atom. The number of rotatable bonds is 17. The van der Waals surface area contributed by atoms with Crippen LogP contribution in [-0.2, 0) is 60.0 Å². The van der Waals surface area contributed by atoms with Gasteiger partial charge in [0.15, 0.2) is 0 Å². The molecule has 0 spiro atoms. The molecule has 3 saturated heterocycles. The van der Waals surface area contributed by atoms with E-state index < -0.39 is 64.2 Å². The second kappa shape index (κ2) is 15.7. The summed E-state index contributed by atoms with van der Waals surface area (Å²) < 4.78 is 86.9. The molecule has 3 fully saturated rings. The van der Waals surface area contributed by atoms with Gasteiger partial charge in [0.1, 0.15) is 26.2 Å². The van der Waals surface area contributed by atoms with Crippen LogP contribution in [0.1, 0.15) is 19.3 Å². The monoisotopic (exact) mass is 586 g/mol. The number of phosphoric acid groups is 2. The van der Waals surface area contributed by atoms with E-state index >= 15 is 0 Å². The predicted molar refractivity (Wildman–Crippen MR) is 142 cm³/mol. The van der Waals surface area contributed by atoms with Crippen molar-refractivity contribution in [1.82, 2.24) is 0 Å². The molecule has 0 aromatic heterocycles. The van der Waals surface area contributed by atoms with Crippen molar-refractivity contribution in [2.75, 3.05) is 48.3 Å². The minimum atomic E-state index is -4.10. The molecule has 0 N–H and O–H groups in total. The summed E-state index contributed by atoms with van der Waals surface area (Å²) in [6, 6.07) is -1.51. The lowest BCUT2D eigenvalue weighted by molar-refractivity contribution is -0.0411. The summed E-state index contributed by atoms with van der Waals surface area (Å²) >= 11 is 0. The molecule has 0 bridgehead atoms. The normalized spacial score (nSPS) is 37.9. The fourth-order valence-corrected chi connectivity index (χ4v) is 6.75. The van der Waals surface area contributed by atoms with E-state index in [-0.39, 0.29) is 32.3 Å². The van der Waals surface area contributed by atoms with Crippen LogP contribution < -0.4 is 0 Å². The van der Waals surface area contributed by atoms with Crippen LogP contribution in [0.25, 0.3) is 0 Å². The van der Waals surface area contributed by atoms with Crippen molar-refractivity contribution in [2.45, 2.75) is 73.9 Å². The molecule has 212 valence electrons. The minimum Gasteiger partial charge on any atom is -0.382 e. The highest BCUT2D eigenvalue weighted by Crippen LogP contribution is 2.54. The first kappa shape index (κ1) is 33.8. The molecule has 13 nitrogen and oxygen atoms in total. The van der Waals surface area contributed by atoms with Gasteiger partial charge in [-0.3, -0.25) is 27.1 Å². The van der Waals surface area contributed by atoms with Crippen molar-refractivity contribution < 1.29 is 60.0 Å². The van der Waals surface area contributed by atoms with Crippen molar-refractivity contribution >= 4 is 53.3 Å². The van der Waals surface area contributed by atoms with Crippen LogP contribution in [0.15, 0.2) is 0 Å². The molecule has 39 heavy (non-hydrogen) atoms. The van der Waals surface area contributed by atoms with Gasteiger partial charge in [-0.2, -0.15) is 0 Å². The SMILES string of the molecule is [B][B][C@H]1CC(OP(=O)(OC)OC[C@H]2O[C@@H]([B][B])CC2OP(=O)(OC)OC[C@H]2O[C@@H]([B])CC2OC)[C@@H](COC)O1. The second-order valence-corrected chi connectivity index (χ2v) is 12.6. The molecule has 0 aromatic rings. The molecule has 3 aliphatic rings. The zero-order chi connectivity index (χ0) is 28.6. The molecule has 3 heterocycles. The lowest BCUT2D eigenvalue weighted by Gasteiger charge is -2.27. The van der Waals surface area contributed by atoms with E-state index in [1.165, 1.54) is 42.8 Å². The first-order valence-corrected chi connectivity index (χ1v) is 15.3. The van der Waals surface area contributed by atoms with Crippen LogP contribution in [0.5, 0.6) is 0 Å². The molecule has 3 rings (SSSR count). The van der Waals surface area contributed by atoms with Gasteiger partial charge in [-0.15, -0.1) is 0 Å². The summed E-state index contributed by atoms with van der Waals surface area (Å²) in [6.07, 6.45) is -2.89. The van der Waals surface area contributed by atoms with Gasteiger partial charge in [-0.05, 0) is 19.3 Å². The number of phosphoric ester groups is 2. The molecule has 5 unspecified atom stereocenters. The van der Waals surface area contributed by atoms with Gasteiger partial charge in [0.2, 0.25) is 0 Å². The third-order valence-corrected chi connectivity index (χ3v) is 9.40. The topological polar surface area (TPSA) is 136 Å². The fraction of sp³-hybridized carbons (Fsp3) is 1.00. The van der Waals surface area contributed by atoms with Crippen LogP contribution in [0, 0.1) is 0 Å². The minimum absolute atomic E-state index is 0.154. The van der Waals surface area contributed by atoms with Gasteiger partial charge in [-0.25, -0.2) is 9.13 Å². The Balaban J connectivity index is 1.61. The second-order valence-electron chi connectivity index (χ2n) is 9.10. The zero-order valence-corrected chi connectivity index (χ0v) is 24.3. The van der Waals surface area contributed by atoms with Crippen LogP contribution in [0.4, 0.5) is 0 Å². The summed E-state index contributed by atoms with van der Waals surface area (Å²) in [5, 5.41) is 0. The summed E-state index contributed by atoms with van der Waals surface area (Å²) in [4.78, 5) is 0. The van der Waals surface area contributed by atoms with E-state index in [0.717, 1.165) is 0 Å². The Kier molecular flexibility index (Phi) is 13.6. The first-order chi connectivity index (χ1) is 18.6. The molecule has 20 heteroatoms. The largest absolute Gasteiger partial charge is 0.474 e. The molecule has 0 aliphatic carbocycles. The third kappa shape index (κ3) is 9.42. The lowest BCUT2D eigenvalue weighted by Crippen LogP contribution is -2.31. The summed E-state index contributed by atoms with van der Waals surface area (Å²) in [7, 11) is 16.9. The molecule has 0 amide bonds. The Labute approximate surface area is 235 Å².